The van der Waals surface area contributed by atoms with Crippen molar-refractivity contribution in [3.8, 4) is 5.75 Å². The standard InChI is InChI=1S/C37H62O/c1-3-5-7-9-11-14-32-17-19-34(20-18-32)16-13-31-38-37-29-27-36(28-30-37)26-25-35-23-21-33(22-24-35)15-12-10-8-6-4-2/h13,16,27-30,32-35H,3-12,14-15,17-26,31H2,1-2H3/b16-13+. The molecular weight excluding hydrogens is 460 g/mol. The van der Waals surface area contributed by atoms with Crippen molar-refractivity contribution >= 4 is 0 Å². The molecule has 3 rings (SSSR count). The third kappa shape index (κ3) is 13.2. The van der Waals surface area contributed by atoms with Gasteiger partial charge in [0.1, 0.15) is 12.4 Å². The van der Waals surface area contributed by atoms with Crippen molar-refractivity contribution in [2.75, 3.05) is 6.61 Å². The lowest BCUT2D eigenvalue weighted by molar-refractivity contribution is 0.248. The molecule has 38 heavy (non-hydrogen) atoms. The molecule has 1 aromatic carbocycles. The molecule has 0 amide bonds. The van der Waals surface area contributed by atoms with Gasteiger partial charge in [0.25, 0.3) is 0 Å². The summed E-state index contributed by atoms with van der Waals surface area (Å²) in [5.74, 6) is 4.77. The van der Waals surface area contributed by atoms with Crippen LogP contribution in [0.3, 0.4) is 0 Å². The maximum absolute atomic E-state index is 6.03. The van der Waals surface area contributed by atoms with E-state index in [9.17, 15) is 0 Å². The zero-order chi connectivity index (χ0) is 26.7. The van der Waals surface area contributed by atoms with Gasteiger partial charge in [-0.1, -0.05) is 141 Å². The number of hydrogen-bond acceptors (Lipinski definition) is 1. The fraction of sp³-hybridized carbons (Fsp3) is 0.784. The van der Waals surface area contributed by atoms with E-state index in [-0.39, 0.29) is 0 Å². The molecule has 0 heterocycles. The summed E-state index contributed by atoms with van der Waals surface area (Å²) in [6.45, 7) is 5.32. The minimum Gasteiger partial charge on any atom is -0.490 e. The Morgan fingerprint density at radius 3 is 1.66 bits per heavy atom. The Morgan fingerprint density at radius 1 is 0.605 bits per heavy atom. The number of ether oxygens (including phenoxy) is 1. The first-order valence-corrected chi connectivity index (χ1v) is 17.1. The van der Waals surface area contributed by atoms with Crippen molar-refractivity contribution in [1.29, 1.82) is 0 Å². The molecule has 0 radical (unpaired) electrons. The molecular formula is C37H62O. The smallest absolute Gasteiger partial charge is 0.119 e. The number of benzene rings is 1. The number of rotatable bonds is 19. The van der Waals surface area contributed by atoms with Crippen LogP contribution in [0.1, 0.15) is 154 Å². The van der Waals surface area contributed by atoms with Crippen molar-refractivity contribution in [2.24, 2.45) is 23.7 Å². The van der Waals surface area contributed by atoms with E-state index in [1.54, 1.807) is 0 Å². The van der Waals surface area contributed by atoms with Gasteiger partial charge >= 0.3 is 0 Å². The van der Waals surface area contributed by atoms with Crippen LogP contribution in [-0.2, 0) is 6.42 Å². The van der Waals surface area contributed by atoms with Crippen molar-refractivity contribution in [3.63, 3.8) is 0 Å². The number of unbranched alkanes of at least 4 members (excludes halogenated alkanes) is 8. The molecule has 0 aromatic heterocycles. The van der Waals surface area contributed by atoms with E-state index in [1.807, 2.05) is 0 Å². The molecule has 0 saturated heterocycles. The SMILES string of the molecule is CCCCCCCC1CCC(/C=C/COc2ccc(CCC3CCC(CCCCCCC)CC3)cc2)CC1. The van der Waals surface area contributed by atoms with Crippen LogP contribution >= 0.6 is 0 Å². The van der Waals surface area contributed by atoms with E-state index < -0.39 is 0 Å². The van der Waals surface area contributed by atoms with E-state index in [1.165, 1.54) is 147 Å². The predicted octanol–water partition coefficient (Wildman–Crippen LogP) is 11.9. The molecule has 0 unspecified atom stereocenters. The number of allylic oxidation sites excluding steroid dienone is 1. The maximum atomic E-state index is 6.03. The van der Waals surface area contributed by atoms with Crippen molar-refractivity contribution < 1.29 is 4.74 Å². The summed E-state index contributed by atoms with van der Waals surface area (Å²) in [5.41, 5.74) is 1.48. The van der Waals surface area contributed by atoms with E-state index in [2.05, 4.69) is 50.3 Å². The molecule has 0 spiro atoms. The van der Waals surface area contributed by atoms with Gasteiger partial charge in [-0.05, 0) is 79.9 Å². The van der Waals surface area contributed by atoms with Crippen LogP contribution in [0, 0.1) is 23.7 Å². The second kappa shape index (κ2) is 19.8. The maximum Gasteiger partial charge on any atom is 0.119 e. The summed E-state index contributed by atoms with van der Waals surface area (Å²) in [6.07, 6.45) is 36.1. The molecule has 0 aliphatic heterocycles. The largest absolute Gasteiger partial charge is 0.490 e. The van der Waals surface area contributed by atoms with E-state index >= 15 is 0 Å². The highest BCUT2D eigenvalue weighted by Crippen LogP contribution is 2.35. The first-order valence-electron chi connectivity index (χ1n) is 17.1. The normalized spacial score (nSPS) is 24.2. The molecule has 0 bridgehead atoms. The van der Waals surface area contributed by atoms with Crippen LogP contribution in [0.2, 0.25) is 0 Å². The van der Waals surface area contributed by atoms with Gasteiger partial charge in [-0.2, -0.15) is 0 Å². The number of aryl methyl sites for hydroxylation is 1. The van der Waals surface area contributed by atoms with Gasteiger partial charge in [0.2, 0.25) is 0 Å². The predicted molar refractivity (Wildman–Crippen MR) is 167 cm³/mol. The van der Waals surface area contributed by atoms with Crippen LogP contribution < -0.4 is 4.74 Å². The Balaban J connectivity index is 1.21. The zero-order valence-electron chi connectivity index (χ0n) is 25.4. The van der Waals surface area contributed by atoms with Gasteiger partial charge < -0.3 is 4.74 Å². The highest BCUT2D eigenvalue weighted by Gasteiger charge is 2.21. The summed E-state index contributed by atoms with van der Waals surface area (Å²) < 4.78 is 6.03. The van der Waals surface area contributed by atoms with Crippen LogP contribution in [0.5, 0.6) is 5.75 Å². The van der Waals surface area contributed by atoms with E-state index in [4.69, 9.17) is 4.74 Å². The molecule has 2 aliphatic rings. The quantitative estimate of drug-likeness (QED) is 0.130. The second-order valence-electron chi connectivity index (χ2n) is 13.0. The molecule has 1 heteroatoms. The van der Waals surface area contributed by atoms with Gasteiger partial charge in [0, 0.05) is 0 Å². The summed E-state index contributed by atoms with van der Waals surface area (Å²) >= 11 is 0. The topological polar surface area (TPSA) is 9.23 Å². The van der Waals surface area contributed by atoms with Crippen LogP contribution in [0.4, 0.5) is 0 Å². The lowest BCUT2D eigenvalue weighted by Gasteiger charge is -2.28. The Kier molecular flexibility index (Phi) is 16.3. The molecule has 2 fully saturated rings. The van der Waals surface area contributed by atoms with Gasteiger partial charge in [-0.15, -0.1) is 0 Å². The van der Waals surface area contributed by atoms with Crippen molar-refractivity contribution in [2.45, 2.75) is 155 Å². The lowest BCUT2D eigenvalue weighted by atomic mass is 9.78. The number of hydrogen-bond donors (Lipinski definition) is 0. The fourth-order valence-electron chi connectivity index (χ4n) is 7.07. The van der Waals surface area contributed by atoms with Crippen LogP contribution in [0.15, 0.2) is 36.4 Å². The monoisotopic (exact) mass is 522 g/mol. The average Bonchev–Trinajstić information content (AvgIpc) is 2.96. The Hall–Kier alpha value is -1.24. The van der Waals surface area contributed by atoms with E-state index in [0.29, 0.717) is 6.61 Å². The molecule has 2 saturated carbocycles. The second-order valence-corrected chi connectivity index (χ2v) is 13.0. The Morgan fingerprint density at radius 2 is 1.11 bits per heavy atom. The first-order chi connectivity index (χ1) is 18.8. The van der Waals surface area contributed by atoms with Gasteiger partial charge in [0.05, 0.1) is 0 Å². The fourth-order valence-corrected chi connectivity index (χ4v) is 7.07. The first kappa shape index (κ1) is 31.3. The van der Waals surface area contributed by atoms with Crippen molar-refractivity contribution in [3.05, 3.63) is 42.0 Å². The van der Waals surface area contributed by atoms with Gasteiger partial charge in [-0.3, -0.25) is 0 Å². The molecule has 1 nitrogen and oxygen atoms in total. The molecule has 2 aliphatic carbocycles. The third-order valence-electron chi connectivity index (χ3n) is 9.81. The third-order valence-corrected chi connectivity index (χ3v) is 9.81. The average molecular weight is 523 g/mol. The Labute approximate surface area is 237 Å². The molecule has 216 valence electrons. The summed E-state index contributed by atoms with van der Waals surface area (Å²) in [4.78, 5) is 0. The highest BCUT2D eigenvalue weighted by atomic mass is 16.5. The van der Waals surface area contributed by atoms with E-state index in [0.717, 1.165) is 29.4 Å². The minimum absolute atomic E-state index is 0.707. The summed E-state index contributed by atoms with van der Waals surface area (Å²) in [7, 11) is 0. The Bertz CT molecular complexity index is 703. The van der Waals surface area contributed by atoms with Gasteiger partial charge in [-0.25, -0.2) is 0 Å². The highest BCUT2D eigenvalue weighted by molar-refractivity contribution is 5.27. The molecule has 0 N–H and O–H groups in total. The van der Waals surface area contributed by atoms with Crippen LogP contribution in [-0.4, -0.2) is 6.61 Å². The van der Waals surface area contributed by atoms with Crippen LogP contribution in [0.25, 0.3) is 0 Å². The van der Waals surface area contributed by atoms with Gasteiger partial charge in [0.15, 0.2) is 0 Å². The molecule has 1 aromatic rings. The lowest BCUT2D eigenvalue weighted by Crippen LogP contribution is -2.15. The van der Waals surface area contributed by atoms with Crippen molar-refractivity contribution in [1.82, 2.24) is 0 Å². The zero-order valence-corrected chi connectivity index (χ0v) is 25.4. The minimum atomic E-state index is 0.707. The summed E-state index contributed by atoms with van der Waals surface area (Å²) in [6, 6.07) is 8.96. The molecule has 0 atom stereocenters. The summed E-state index contributed by atoms with van der Waals surface area (Å²) in [5, 5.41) is 0.